The molecule has 0 amide bonds. The zero-order chi connectivity index (χ0) is 12.0. The van der Waals surface area contributed by atoms with Gasteiger partial charge in [-0.25, -0.2) is 4.79 Å². The van der Waals surface area contributed by atoms with E-state index < -0.39 is 0 Å². The van der Waals surface area contributed by atoms with E-state index in [1.165, 1.54) is 0 Å². The maximum atomic E-state index is 11.8. The zero-order valence-corrected chi connectivity index (χ0v) is 9.53. The van der Waals surface area contributed by atoms with Gasteiger partial charge in [0.15, 0.2) is 0 Å². The van der Waals surface area contributed by atoms with Crippen LogP contribution in [0.25, 0.3) is 11.0 Å². The van der Waals surface area contributed by atoms with Crippen molar-refractivity contribution in [2.75, 3.05) is 0 Å². The van der Waals surface area contributed by atoms with Crippen molar-refractivity contribution in [3.63, 3.8) is 0 Å². The largest absolute Gasteiger partial charge is 0.484 e. The Kier molecular flexibility index (Phi) is 2.08. The summed E-state index contributed by atoms with van der Waals surface area (Å²) in [5.41, 5.74) is 1.81. The van der Waals surface area contributed by atoms with Gasteiger partial charge in [0.25, 0.3) is 0 Å². The van der Waals surface area contributed by atoms with E-state index in [4.69, 9.17) is 9.15 Å². The summed E-state index contributed by atoms with van der Waals surface area (Å²) in [6, 6.07) is 7.41. The van der Waals surface area contributed by atoms with Crippen molar-refractivity contribution in [2.24, 2.45) is 0 Å². The second kappa shape index (κ2) is 3.48. The lowest BCUT2D eigenvalue weighted by atomic mass is 10.1. The lowest BCUT2D eigenvalue weighted by molar-refractivity contribution is 0.273. The van der Waals surface area contributed by atoms with Crippen LogP contribution < -0.4 is 10.4 Å². The number of rotatable bonds is 1. The normalized spacial score (nSPS) is 17.8. The van der Waals surface area contributed by atoms with Gasteiger partial charge in [0, 0.05) is 6.42 Å². The van der Waals surface area contributed by atoms with Crippen molar-refractivity contribution < 1.29 is 9.15 Å². The molecule has 1 atom stereocenters. The van der Waals surface area contributed by atoms with E-state index in [2.05, 4.69) is 6.58 Å². The molecule has 3 rings (SSSR count). The molecule has 1 aliphatic rings. The second-order valence-electron chi connectivity index (χ2n) is 4.35. The highest BCUT2D eigenvalue weighted by atomic mass is 16.5. The highest BCUT2D eigenvalue weighted by molar-refractivity contribution is 5.85. The van der Waals surface area contributed by atoms with Crippen LogP contribution in [0.2, 0.25) is 0 Å². The molecular weight excluding hydrogens is 216 g/mol. The van der Waals surface area contributed by atoms with Crippen molar-refractivity contribution >= 4 is 11.0 Å². The maximum absolute atomic E-state index is 11.8. The maximum Gasteiger partial charge on any atom is 0.343 e. The molecule has 0 aliphatic carbocycles. The van der Waals surface area contributed by atoms with Crippen molar-refractivity contribution in [2.45, 2.75) is 19.4 Å². The van der Waals surface area contributed by atoms with Crippen LogP contribution in [0.5, 0.6) is 5.75 Å². The van der Waals surface area contributed by atoms with Gasteiger partial charge in [-0.1, -0.05) is 18.7 Å². The van der Waals surface area contributed by atoms with E-state index in [1.54, 1.807) is 6.07 Å². The third kappa shape index (κ3) is 1.46. The first-order valence-electron chi connectivity index (χ1n) is 5.53. The first-order valence-corrected chi connectivity index (χ1v) is 5.53. The molecule has 0 spiro atoms. The molecule has 2 aromatic rings. The van der Waals surface area contributed by atoms with Gasteiger partial charge >= 0.3 is 5.63 Å². The summed E-state index contributed by atoms with van der Waals surface area (Å²) in [6.07, 6.45) is 0.441. The van der Waals surface area contributed by atoms with Gasteiger partial charge in [0.2, 0.25) is 0 Å². The van der Waals surface area contributed by atoms with Crippen LogP contribution in [0.1, 0.15) is 12.5 Å². The predicted molar refractivity (Wildman–Crippen MR) is 65.4 cm³/mol. The average Bonchev–Trinajstić information content (AvgIpc) is 2.75. The molecule has 0 bridgehead atoms. The predicted octanol–water partition coefficient (Wildman–Crippen LogP) is 2.67. The van der Waals surface area contributed by atoms with Gasteiger partial charge < -0.3 is 9.15 Å². The minimum Gasteiger partial charge on any atom is -0.484 e. The van der Waals surface area contributed by atoms with Gasteiger partial charge in [-0.05, 0) is 24.6 Å². The van der Waals surface area contributed by atoms with Crippen molar-refractivity contribution in [1.29, 1.82) is 0 Å². The molecule has 0 radical (unpaired) electrons. The highest BCUT2D eigenvalue weighted by Gasteiger charge is 2.29. The van der Waals surface area contributed by atoms with Gasteiger partial charge in [-0.15, -0.1) is 0 Å². The Morgan fingerprint density at radius 3 is 2.94 bits per heavy atom. The van der Waals surface area contributed by atoms with Crippen LogP contribution in [0.3, 0.4) is 0 Å². The highest BCUT2D eigenvalue weighted by Crippen LogP contribution is 2.35. The summed E-state index contributed by atoms with van der Waals surface area (Å²) < 4.78 is 11.1. The van der Waals surface area contributed by atoms with Crippen molar-refractivity contribution in [1.82, 2.24) is 0 Å². The Balaban J connectivity index is 2.27. The first-order chi connectivity index (χ1) is 8.16. The van der Waals surface area contributed by atoms with Gasteiger partial charge in [-0.3, -0.25) is 0 Å². The summed E-state index contributed by atoms with van der Waals surface area (Å²) in [6.45, 7) is 5.78. The van der Waals surface area contributed by atoms with E-state index in [9.17, 15) is 4.79 Å². The summed E-state index contributed by atoms with van der Waals surface area (Å²) >= 11 is 0. The Bertz CT molecular complexity index is 667. The second-order valence-corrected chi connectivity index (χ2v) is 4.35. The minimum absolute atomic E-state index is 0.112. The Morgan fingerprint density at radius 2 is 2.18 bits per heavy atom. The molecule has 3 heteroatoms. The van der Waals surface area contributed by atoms with Gasteiger partial charge in [0.05, 0.1) is 10.9 Å². The number of para-hydroxylation sites is 1. The molecule has 0 N–H and O–H groups in total. The molecule has 1 aromatic heterocycles. The van der Waals surface area contributed by atoms with Gasteiger partial charge in [-0.2, -0.15) is 0 Å². The molecule has 0 saturated heterocycles. The van der Waals surface area contributed by atoms with E-state index >= 15 is 0 Å². The monoisotopic (exact) mass is 228 g/mol. The summed E-state index contributed by atoms with van der Waals surface area (Å²) in [4.78, 5) is 11.8. The van der Waals surface area contributed by atoms with E-state index in [1.807, 2.05) is 25.1 Å². The standard InChI is InChI=1S/C14H12O3/c1-8(2)12-7-10-13(16-12)9-5-3-4-6-11(9)17-14(10)15/h3-6,12H,1,7H2,2H3. The molecule has 17 heavy (non-hydrogen) atoms. The Labute approximate surface area is 98.3 Å². The molecular formula is C14H12O3. The number of hydrogen-bond acceptors (Lipinski definition) is 3. The molecule has 2 heterocycles. The molecule has 0 saturated carbocycles. The molecule has 0 fully saturated rings. The van der Waals surface area contributed by atoms with E-state index in [0.717, 1.165) is 11.0 Å². The number of fused-ring (bicyclic) bond motifs is 3. The molecule has 86 valence electrons. The van der Waals surface area contributed by atoms with E-state index in [-0.39, 0.29) is 11.7 Å². The SMILES string of the molecule is C=C(C)C1Cc2c(c3ccccc3oc2=O)O1. The summed E-state index contributed by atoms with van der Waals surface area (Å²) in [7, 11) is 0. The fraction of sp³-hybridized carbons (Fsp3) is 0.214. The molecule has 3 nitrogen and oxygen atoms in total. The fourth-order valence-corrected chi connectivity index (χ4v) is 2.11. The van der Waals surface area contributed by atoms with Crippen LogP contribution in [0.4, 0.5) is 0 Å². The third-order valence-corrected chi connectivity index (χ3v) is 3.05. The van der Waals surface area contributed by atoms with Gasteiger partial charge in [0.1, 0.15) is 17.4 Å². The topological polar surface area (TPSA) is 39.4 Å². The van der Waals surface area contributed by atoms with E-state index in [0.29, 0.717) is 23.3 Å². The number of benzene rings is 1. The fourth-order valence-electron chi connectivity index (χ4n) is 2.11. The number of hydrogen-bond donors (Lipinski definition) is 0. The zero-order valence-electron chi connectivity index (χ0n) is 9.53. The first kappa shape index (κ1) is 10.1. The van der Waals surface area contributed by atoms with Crippen LogP contribution >= 0.6 is 0 Å². The third-order valence-electron chi connectivity index (χ3n) is 3.05. The van der Waals surface area contributed by atoms with Crippen LogP contribution in [-0.2, 0) is 6.42 Å². The lowest BCUT2D eigenvalue weighted by Crippen LogP contribution is -2.14. The molecule has 1 aliphatic heterocycles. The minimum atomic E-state index is -0.303. The molecule has 1 unspecified atom stereocenters. The lowest BCUT2D eigenvalue weighted by Gasteiger charge is -2.09. The van der Waals surface area contributed by atoms with Crippen LogP contribution in [0, 0.1) is 0 Å². The summed E-state index contributed by atoms with van der Waals surface area (Å²) in [5, 5.41) is 0.853. The Morgan fingerprint density at radius 1 is 1.41 bits per heavy atom. The average molecular weight is 228 g/mol. The van der Waals surface area contributed by atoms with Crippen LogP contribution in [0.15, 0.2) is 45.6 Å². The number of ether oxygens (including phenoxy) is 1. The quantitative estimate of drug-likeness (QED) is 0.556. The van der Waals surface area contributed by atoms with Crippen molar-refractivity contribution in [3.8, 4) is 5.75 Å². The molecule has 1 aromatic carbocycles. The van der Waals surface area contributed by atoms with Crippen LogP contribution in [-0.4, -0.2) is 6.10 Å². The Hall–Kier alpha value is -2.03. The summed E-state index contributed by atoms with van der Waals surface area (Å²) in [5.74, 6) is 0.657. The smallest absolute Gasteiger partial charge is 0.343 e. The van der Waals surface area contributed by atoms with Crippen molar-refractivity contribution in [3.05, 3.63) is 52.4 Å².